The zero-order chi connectivity index (χ0) is 65.7. The van der Waals surface area contributed by atoms with Crippen LogP contribution >= 0.6 is 15.6 Å². The van der Waals surface area contributed by atoms with Crippen molar-refractivity contribution in [2.45, 2.75) is 349 Å². The molecule has 3 N–H and O–H groups in total. The number of phosphoric acid groups is 2. The fourth-order valence-electron chi connectivity index (χ4n) is 10.1. The quantitative estimate of drug-likeness (QED) is 0.0169. The molecule has 0 aliphatic rings. The number of carbonyl (C=O) groups is 4. The van der Waals surface area contributed by atoms with Crippen molar-refractivity contribution in [3.8, 4) is 0 Å². The standard InChI is InChI=1S/C70H132O17P2/c1-7-9-11-13-15-17-19-21-22-23-25-31-35-43-49-55-70(75)86-65(58-80-67(72)52-46-40-33-29-27-26-28-32-38-44-50-62(3)4)60-84-88(76,77)82-56-64(71)57-83-89(78,79)85-61-66(59-81-68(73)53-47-41-37-36-39-45-51-63(5)6)87-69(74)54-48-42-34-30-24-20-18-16-14-12-10-8-2/h17,19,21-22,62-66,71H,7-16,18,20,23-61H2,1-6H3,(H,76,77)(H,78,79)/b19-17-,22-21-/t64-,65-,66-/m1/s1. The molecular weight excluding hydrogens is 1170 g/mol. The van der Waals surface area contributed by atoms with Crippen LogP contribution in [-0.4, -0.2) is 96.7 Å². The molecule has 2 unspecified atom stereocenters. The number of esters is 4. The van der Waals surface area contributed by atoms with Gasteiger partial charge in [-0.1, -0.05) is 278 Å². The second-order valence-corrected chi connectivity index (χ2v) is 28.4. The van der Waals surface area contributed by atoms with Crippen molar-refractivity contribution >= 4 is 39.5 Å². The molecule has 0 aromatic heterocycles. The summed E-state index contributed by atoms with van der Waals surface area (Å²) in [5, 5.41) is 10.6. The van der Waals surface area contributed by atoms with E-state index in [9.17, 15) is 43.2 Å². The van der Waals surface area contributed by atoms with Crippen molar-refractivity contribution in [1.29, 1.82) is 0 Å². The predicted octanol–water partition coefficient (Wildman–Crippen LogP) is 19.5. The SMILES string of the molecule is CCCCCC/C=C\C=C/CCCCCCCC(=O)O[C@H](COC(=O)CCCCCCCCCCCCC(C)C)COP(=O)(O)OC[C@@H](O)COP(=O)(O)OC[C@@H](COC(=O)CCCCCCCCC(C)C)OC(=O)CCCCCCCCCCCCCC. The molecular formula is C70H132O17P2. The van der Waals surface area contributed by atoms with Gasteiger partial charge in [-0.05, 0) is 63.2 Å². The van der Waals surface area contributed by atoms with Crippen LogP contribution in [0.15, 0.2) is 24.3 Å². The molecule has 0 aromatic carbocycles. The molecule has 17 nitrogen and oxygen atoms in total. The Hall–Kier alpha value is -2.46. The van der Waals surface area contributed by atoms with E-state index in [4.69, 9.17) is 37.0 Å². The molecule has 0 fully saturated rings. The van der Waals surface area contributed by atoms with E-state index in [1.54, 1.807) is 0 Å². The van der Waals surface area contributed by atoms with Crippen LogP contribution in [0, 0.1) is 11.8 Å². The Balaban J connectivity index is 5.28. The number of unbranched alkanes of at least 4 members (excludes halogenated alkanes) is 34. The van der Waals surface area contributed by atoms with Gasteiger partial charge in [0.1, 0.15) is 19.3 Å². The van der Waals surface area contributed by atoms with Crippen LogP contribution in [0.2, 0.25) is 0 Å². The molecule has 89 heavy (non-hydrogen) atoms. The maximum Gasteiger partial charge on any atom is 0.472 e. The number of hydrogen-bond acceptors (Lipinski definition) is 15. The molecule has 5 atom stereocenters. The highest BCUT2D eigenvalue weighted by Crippen LogP contribution is 2.45. The summed E-state index contributed by atoms with van der Waals surface area (Å²) in [6.07, 6.45) is 49.5. The van der Waals surface area contributed by atoms with Gasteiger partial charge in [0.15, 0.2) is 12.2 Å². The first-order valence-corrected chi connectivity index (χ1v) is 38.8. The molecule has 0 saturated carbocycles. The Morgan fingerprint density at radius 3 is 0.921 bits per heavy atom. The zero-order valence-corrected chi connectivity index (χ0v) is 59.0. The van der Waals surface area contributed by atoms with Crippen molar-refractivity contribution in [2.75, 3.05) is 39.6 Å². The number of allylic oxidation sites excluding steroid dienone is 4. The molecule has 19 heteroatoms. The Kier molecular flexibility index (Phi) is 60.0. The van der Waals surface area contributed by atoms with Crippen molar-refractivity contribution in [3.05, 3.63) is 24.3 Å². The summed E-state index contributed by atoms with van der Waals surface area (Å²) in [5.74, 6) is -0.722. The van der Waals surface area contributed by atoms with Gasteiger partial charge in [0.25, 0.3) is 0 Å². The topological polar surface area (TPSA) is 237 Å². The lowest BCUT2D eigenvalue weighted by Crippen LogP contribution is -2.30. The molecule has 0 amide bonds. The van der Waals surface area contributed by atoms with Gasteiger partial charge in [0, 0.05) is 25.7 Å². The lowest BCUT2D eigenvalue weighted by atomic mass is 10.0. The fraction of sp³-hybridized carbons (Fsp3) is 0.886. The summed E-state index contributed by atoms with van der Waals surface area (Å²) in [4.78, 5) is 72.5. The van der Waals surface area contributed by atoms with Gasteiger partial charge in [-0.15, -0.1) is 0 Å². The fourth-order valence-corrected chi connectivity index (χ4v) is 11.6. The molecule has 0 bridgehead atoms. The third-order valence-corrected chi connectivity index (χ3v) is 17.5. The number of aliphatic hydroxyl groups is 1. The van der Waals surface area contributed by atoms with E-state index >= 15 is 0 Å². The molecule has 0 heterocycles. The van der Waals surface area contributed by atoms with E-state index in [0.29, 0.717) is 31.6 Å². The minimum atomic E-state index is -4.96. The summed E-state index contributed by atoms with van der Waals surface area (Å²) < 4.78 is 68.2. The maximum atomic E-state index is 13.0. The highest BCUT2D eigenvalue weighted by atomic mass is 31.2. The summed E-state index contributed by atoms with van der Waals surface area (Å²) in [6, 6.07) is 0. The van der Waals surface area contributed by atoms with Crippen molar-refractivity contribution < 1.29 is 80.2 Å². The Morgan fingerprint density at radius 2 is 0.607 bits per heavy atom. The van der Waals surface area contributed by atoms with Crippen LogP contribution in [0.5, 0.6) is 0 Å². The predicted molar refractivity (Wildman–Crippen MR) is 358 cm³/mol. The van der Waals surface area contributed by atoms with E-state index in [-0.39, 0.29) is 25.7 Å². The smallest absolute Gasteiger partial charge is 0.462 e. The van der Waals surface area contributed by atoms with Crippen LogP contribution < -0.4 is 0 Å². The van der Waals surface area contributed by atoms with Gasteiger partial charge in [0.05, 0.1) is 26.4 Å². The minimum Gasteiger partial charge on any atom is -0.462 e. The van der Waals surface area contributed by atoms with Crippen LogP contribution in [0.1, 0.15) is 330 Å². The lowest BCUT2D eigenvalue weighted by Gasteiger charge is -2.21. The van der Waals surface area contributed by atoms with Crippen LogP contribution in [0.4, 0.5) is 0 Å². The molecule has 0 aliphatic carbocycles. The summed E-state index contributed by atoms with van der Waals surface area (Å²) in [6.45, 7) is 9.39. The summed E-state index contributed by atoms with van der Waals surface area (Å²) >= 11 is 0. The second-order valence-electron chi connectivity index (χ2n) is 25.5. The van der Waals surface area contributed by atoms with Gasteiger partial charge in [-0.3, -0.25) is 37.3 Å². The number of rotatable bonds is 67. The van der Waals surface area contributed by atoms with Crippen LogP contribution in [-0.2, 0) is 65.4 Å². The molecule has 524 valence electrons. The summed E-state index contributed by atoms with van der Waals surface area (Å²) in [5.41, 5.74) is 0. The van der Waals surface area contributed by atoms with Gasteiger partial charge in [0.2, 0.25) is 0 Å². The van der Waals surface area contributed by atoms with Gasteiger partial charge in [-0.2, -0.15) is 0 Å². The second kappa shape index (κ2) is 61.7. The molecule has 0 rings (SSSR count). The number of phosphoric ester groups is 2. The first-order chi connectivity index (χ1) is 42.9. The Labute approximate surface area is 542 Å². The van der Waals surface area contributed by atoms with E-state index in [1.165, 1.54) is 128 Å². The van der Waals surface area contributed by atoms with E-state index < -0.39 is 97.5 Å². The third kappa shape index (κ3) is 64.1. The number of ether oxygens (including phenoxy) is 4. The third-order valence-electron chi connectivity index (χ3n) is 15.6. The lowest BCUT2D eigenvalue weighted by molar-refractivity contribution is -0.161. The normalized spacial score (nSPS) is 14.3. The average Bonchev–Trinajstić information content (AvgIpc) is 3.69. The van der Waals surface area contributed by atoms with Gasteiger partial charge < -0.3 is 33.8 Å². The Morgan fingerprint density at radius 1 is 0.348 bits per heavy atom. The average molecular weight is 1310 g/mol. The van der Waals surface area contributed by atoms with Crippen molar-refractivity contribution in [3.63, 3.8) is 0 Å². The van der Waals surface area contributed by atoms with E-state index in [0.717, 1.165) is 115 Å². The number of hydrogen-bond donors (Lipinski definition) is 3. The highest BCUT2D eigenvalue weighted by Gasteiger charge is 2.30. The first-order valence-electron chi connectivity index (χ1n) is 35.8. The maximum absolute atomic E-state index is 13.0. The van der Waals surface area contributed by atoms with E-state index in [2.05, 4.69) is 65.8 Å². The molecule has 0 aliphatic heterocycles. The number of aliphatic hydroxyl groups excluding tert-OH is 1. The van der Waals surface area contributed by atoms with Crippen LogP contribution in [0.3, 0.4) is 0 Å². The molecule has 0 spiro atoms. The summed E-state index contributed by atoms with van der Waals surface area (Å²) in [7, 11) is -9.91. The minimum absolute atomic E-state index is 0.0845. The van der Waals surface area contributed by atoms with E-state index in [1.807, 2.05) is 0 Å². The van der Waals surface area contributed by atoms with Gasteiger partial charge in [-0.25, -0.2) is 9.13 Å². The van der Waals surface area contributed by atoms with Crippen molar-refractivity contribution in [1.82, 2.24) is 0 Å². The van der Waals surface area contributed by atoms with Gasteiger partial charge >= 0.3 is 39.5 Å². The Bertz CT molecular complexity index is 1830. The molecule has 0 radical (unpaired) electrons. The monoisotopic (exact) mass is 1310 g/mol. The zero-order valence-electron chi connectivity index (χ0n) is 57.2. The highest BCUT2D eigenvalue weighted by molar-refractivity contribution is 7.47. The van der Waals surface area contributed by atoms with Crippen LogP contribution in [0.25, 0.3) is 0 Å². The van der Waals surface area contributed by atoms with Crippen molar-refractivity contribution in [2.24, 2.45) is 11.8 Å². The number of carbonyl (C=O) groups excluding carboxylic acids is 4. The molecule has 0 saturated heterocycles. The first kappa shape index (κ1) is 86.5. The molecule has 0 aromatic rings. The largest absolute Gasteiger partial charge is 0.472 e.